The molecule has 1 heterocycles. The van der Waals surface area contributed by atoms with E-state index in [1.807, 2.05) is 54.4 Å². The number of hydrogen-bond donors (Lipinski definition) is 1. The number of benzene rings is 2. The number of nitrogens with zero attached hydrogens (tertiary/aromatic N) is 2. The lowest BCUT2D eigenvalue weighted by molar-refractivity contribution is 0.0763. The van der Waals surface area contributed by atoms with Crippen molar-refractivity contribution in [1.29, 1.82) is 5.26 Å². The Morgan fingerprint density at radius 1 is 1.26 bits per heavy atom. The number of carbonyl (C=O) groups excluding carboxylic acids is 1. The third kappa shape index (κ3) is 3.25. The summed E-state index contributed by atoms with van der Waals surface area (Å²) in [4.78, 5) is 12.5. The minimum atomic E-state index is -0.0673. The molecule has 0 unspecified atom stereocenters. The van der Waals surface area contributed by atoms with Crippen LogP contribution in [0, 0.1) is 11.3 Å². The first-order chi connectivity index (χ1) is 11.2. The number of fused-ring (bicyclic) bond motifs is 1. The number of nitriles is 1. The Labute approximate surface area is 136 Å². The fraction of sp³-hybridized carbons (Fsp3) is 0.263. The molecular formula is C19H19N3O. The number of rotatable bonds is 3. The molecule has 0 bridgehead atoms. The summed E-state index contributed by atoms with van der Waals surface area (Å²) < 4.78 is 0. The van der Waals surface area contributed by atoms with Gasteiger partial charge in [-0.3, -0.25) is 10.2 Å². The van der Waals surface area contributed by atoms with Crippen LogP contribution in [0.1, 0.15) is 39.5 Å². The maximum absolute atomic E-state index is 12.5. The zero-order valence-electron chi connectivity index (χ0n) is 13.2. The van der Waals surface area contributed by atoms with E-state index in [1.165, 1.54) is 5.56 Å². The van der Waals surface area contributed by atoms with E-state index in [-0.39, 0.29) is 5.91 Å². The number of hydrazine groups is 1. The van der Waals surface area contributed by atoms with Crippen LogP contribution in [0.2, 0.25) is 0 Å². The molecule has 0 radical (unpaired) electrons. The predicted molar refractivity (Wildman–Crippen MR) is 88.6 cm³/mol. The second-order valence-electron chi connectivity index (χ2n) is 5.72. The molecule has 0 saturated carbocycles. The average Bonchev–Trinajstić information content (AvgIpc) is 2.60. The van der Waals surface area contributed by atoms with E-state index in [0.717, 1.165) is 36.1 Å². The van der Waals surface area contributed by atoms with Crippen molar-refractivity contribution in [3.63, 3.8) is 0 Å². The minimum Gasteiger partial charge on any atom is -0.284 e. The Bertz CT molecular complexity index is 776. The lowest BCUT2D eigenvalue weighted by atomic mass is 9.98. The second kappa shape index (κ2) is 6.64. The van der Waals surface area contributed by atoms with Crippen LogP contribution in [0.25, 0.3) is 0 Å². The molecule has 0 spiro atoms. The Balaban J connectivity index is 1.74. The van der Waals surface area contributed by atoms with Gasteiger partial charge in [0.1, 0.15) is 0 Å². The van der Waals surface area contributed by atoms with Gasteiger partial charge in [-0.05, 0) is 47.7 Å². The first-order valence-electron chi connectivity index (χ1n) is 7.87. The van der Waals surface area contributed by atoms with Crippen LogP contribution < -0.4 is 5.43 Å². The van der Waals surface area contributed by atoms with Crippen LogP contribution in [0.3, 0.4) is 0 Å². The van der Waals surface area contributed by atoms with Gasteiger partial charge in [-0.15, -0.1) is 0 Å². The van der Waals surface area contributed by atoms with Crippen molar-refractivity contribution in [3.05, 3.63) is 70.3 Å². The van der Waals surface area contributed by atoms with Gasteiger partial charge < -0.3 is 0 Å². The molecule has 0 saturated heterocycles. The quantitative estimate of drug-likeness (QED) is 0.948. The third-order valence-electron chi connectivity index (χ3n) is 4.25. The van der Waals surface area contributed by atoms with Crippen LogP contribution in [0.15, 0.2) is 42.5 Å². The second-order valence-corrected chi connectivity index (χ2v) is 5.72. The lowest BCUT2D eigenvalue weighted by Crippen LogP contribution is -2.45. The molecule has 0 aliphatic carbocycles. The number of aryl methyl sites for hydroxylation is 1. The number of hydrogen-bond acceptors (Lipinski definition) is 3. The molecule has 2 aromatic carbocycles. The van der Waals surface area contributed by atoms with Gasteiger partial charge in [0, 0.05) is 18.7 Å². The highest BCUT2D eigenvalue weighted by atomic mass is 16.2. The molecule has 4 nitrogen and oxygen atoms in total. The van der Waals surface area contributed by atoms with Gasteiger partial charge in [0.2, 0.25) is 0 Å². The summed E-state index contributed by atoms with van der Waals surface area (Å²) in [6.45, 7) is 3.45. The SMILES string of the molecule is CCc1ccccc1C(=O)NN1CCc2ccc(C#N)cc2C1. The first kappa shape index (κ1) is 15.3. The Morgan fingerprint density at radius 2 is 2.09 bits per heavy atom. The maximum atomic E-state index is 12.5. The van der Waals surface area contributed by atoms with Crippen LogP contribution in [-0.2, 0) is 19.4 Å². The van der Waals surface area contributed by atoms with Crippen molar-refractivity contribution >= 4 is 5.91 Å². The normalized spacial score (nSPS) is 13.9. The fourth-order valence-electron chi connectivity index (χ4n) is 2.98. The van der Waals surface area contributed by atoms with Crippen molar-refractivity contribution in [2.75, 3.05) is 6.54 Å². The van der Waals surface area contributed by atoms with Crippen molar-refractivity contribution in [3.8, 4) is 6.07 Å². The first-order valence-corrected chi connectivity index (χ1v) is 7.87. The van der Waals surface area contributed by atoms with E-state index < -0.39 is 0 Å². The Morgan fingerprint density at radius 3 is 2.87 bits per heavy atom. The summed E-state index contributed by atoms with van der Waals surface area (Å²) in [6.07, 6.45) is 1.70. The molecule has 1 amide bonds. The standard InChI is InChI=1S/C19H19N3O/c1-2-15-5-3-4-6-18(15)19(23)21-22-10-9-16-8-7-14(12-20)11-17(16)13-22/h3-8,11H,2,9-10,13H2,1H3,(H,21,23). The van der Waals surface area contributed by atoms with Gasteiger partial charge in [-0.2, -0.15) is 5.26 Å². The van der Waals surface area contributed by atoms with E-state index in [1.54, 1.807) is 0 Å². The fourth-order valence-corrected chi connectivity index (χ4v) is 2.98. The highest BCUT2D eigenvalue weighted by Crippen LogP contribution is 2.19. The van der Waals surface area contributed by atoms with Crippen molar-refractivity contribution in [2.24, 2.45) is 0 Å². The van der Waals surface area contributed by atoms with E-state index in [4.69, 9.17) is 5.26 Å². The van der Waals surface area contributed by atoms with Gasteiger partial charge in [0.15, 0.2) is 0 Å². The molecule has 3 rings (SSSR count). The lowest BCUT2D eigenvalue weighted by Gasteiger charge is -2.29. The van der Waals surface area contributed by atoms with Crippen LogP contribution in [0.4, 0.5) is 0 Å². The Kier molecular flexibility index (Phi) is 4.40. The van der Waals surface area contributed by atoms with E-state index in [2.05, 4.69) is 11.5 Å². The zero-order chi connectivity index (χ0) is 16.2. The molecule has 1 N–H and O–H groups in total. The Hall–Kier alpha value is -2.64. The smallest absolute Gasteiger partial charge is 0.265 e. The van der Waals surface area contributed by atoms with Gasteiger partial charge in [0.05, 0.1) is 11.6 Å². The summed E-state index contributed by atoms with van der Waals surface area (Å²) in [6, 6.07) is 15.6. The largest absolute Gasteiger partial charge is 0.284 e. The number of amides is 1. The van der Waals surface area contributed by atoms with Crippen molar-refractivity contribution < 1.29 is 4.79 Å². The molecule has 2 aromatic rings. The summed E-state index contributed by atoms with van der Waals surface area (Å²) in [7, 11) is 0. The molecular weight excluding hydrogens is 286 g/mol. The zero-order valence-corrected chi connectivity index (χ0v) is 13.2. The van der Waals surface area contributed by atoms with Gasteiger partial charge in [0.25, 0.3) is 5.91 Å². The summed E-state index contributed by atoms with van der Waals surface area (Å²) >= 11 is 0. The summed E-state index contributed by atoms with van der Waals surface area (Å²) in [5.74, 6) is -0.0673. The highest BCUT2D eigenvalue weighted by molar-refractivity contribution is 5.95. The average molecular weight is 305 g/mol. The van der Waals surface area contributed by atoms with Gasteiger partial charge in [-0.25, -0.2) is 5.01 Å². The monoisotopic (exact) mass is 305 g/mol. The number of nitrogens with one attached hydrogen (secondary N) is 1. The van der Waals surface area contributed by atoms with Crippen LogP contribution in [-0.4, -0.2) is 17.5 Å². The highest BCUT2D eigenvalue weighted by Gasteiger charge is 2.19. The molecule has 1 aliphatic heterocycles. The van der Waals surface area contributed by atoms with Crippen molar-refractivity contribution in [2.45, 2.75) is 26.3 Å². The minimum absolute atomic E-state index is 0.0673. The maximum Gasteiger partial charge on any atom is 0.265 e. The number of carbonyl (C=O) groups is 1. The van der Waals surface area contributed by atoms with E-state index in [9.17, 15) is 4.79 Å². The van der Waals surface area contributed by atoms with E-state index in [0.29, 0.717) is 12.1 Å². The van der Waals surface area contributed by atoms with Gasteiger partial charge in [-0.1, -0.05) is 31.2 Å². The molecule has 4 heteroatoms. The van der Waals surface area contributed by atoms with Crippen molar-refractivity contribution in [1.82, 2.24) is 10.4 Å². The third-order valence-corrected chi connectivity index (χ3v) is 4.25. The predicted octanol–water partition coefficient (Wildman–Crippen LogP) is 2.82. The van der Waals surface area contributed by atoms with Crippen LogP contribution >= 0.6 is 0 Å². The topological polar surface area (TPSA) is 56.1 Å². The van der Waals surface area contributed by atoms with E-state index >= 15 is 0 Å². The van der Waals surface area contributed by atoms with Gasteiger partial charge >= 0.3 is 0 Å². The summed E-state index contributed by atoms with van der Waals surface area (Å²) in [5.41, 5.74) is 7.80. The molecule has 0 aromatic heterocycles. The van der Waals surface area contributed by atoms with Crippen LogP contribution in [0.5, 0.6) is 0 Å². The molecule has 23 heavy (non-hydrogen) atoms. The molecule has 1 aliphatic rings. The molecule has 0 atom stereocenters. The molecule has 0 fully saturated rings. The molecule has 116 valence electrons. The summed E-state index contributed by atoms with van der Waals surface area (Å²) in [5, 5.41) is 11.0.